The van der Waals surface area contributed by atoms with Crippen molar-refractivity contribution < 1.29 is 14.0 Å². The van der Waals surface area contributed by atoms with Crippen LogP contribution in [0.2, 0.25) is 0 Å². The first-order valence-corrected chi connectivity index (χ1v) is 9.17. The fraction of sp³-hybridized carbons (Fsp3) is 0.409. The van der Waals surface area contributed by atoms with Gasteiger partial charge >= 0.3 is 5.97 Å². The molecule has 0 bridgehead atoms. The number of hydrogen-bond donors (Lipinski definition) is 0. The van der Waals surface area contributed by atoms with Crippen molar-refractivity contribution in [1.29, 1.82) is 0 Å². The Kier molecular flexibility index (Phi) is 5.54. The molecule has 0 spiro atoms. The van der Waals surface area contributed by atoms with E-state index in [-0.39, 0.29) is 12.1 Å². The first-order chi connectivity index (χ1) is 12.1. The topological polar surface area (TPSA) is 26.3 Å². The fourth-order valence-corrected chi connectivity index (χ4v) is 4.06. The third kappa shape index (κ3) is 4.70. The molecule has 3 heteroatoms. The predicted molar refractivity (Wildman–Crippen MR) is 99.8 cm³/mol. The average molecular weight is 338 g/mol. The highest BCUT2D eigenvalue weighted by molar-refractivity contribution is 5.66. The summed E-state index contributed by atoms with van der Waals surface area (Å²) in [6.07, 6.45) is 2.10. The van der Waals surface area contributed by atoms with Gasteiger partial charge in [-0.1, -0.05) is 54.6 Å². The molecule has 132 valence electrons. The van der Waals surface area contributed by atoms with Crippen molar-refractivity contribution in [3.8, 4) is 0 Å². The number of quaternary nitrogens is 1. The number of carbonyl (C=O) groups excluding carboxylic acids is 1. The predicted octanol–water partition coefficient (Wildman–Crippen LogP) is 4.24. The zero-order valence-corrected chi connectivity index (χ0v) is 15.3. The van der Waals surface area contributed by atoms with E-state index in [9.17, 15) is 4.79 Å². The number of nitrogens with zero attached hydrogens (tertiary/aromatic N) is 1. The molecule has 0 N–H and O–H groups in total. The van der Waals surface area contributed by atoms with Crippen molar-refractivity contribution in [2.24, 2.45) is 0 Å². The molecule has 3 rings (SSSR count). The Labute approximate surface area is 150 Å². The summed E-state index contributed by atoms with van der Waals surface area (Å²) in [4.78, 5) is 11.5. The van der Waals surface area contributed by atoms with Crippen LogP contribution in [0.1, 0.15) is 36.5 Å². The fourth-order valence-electron chi connectivity index (χ4n) is 4.06. The van der Waals surface area contributed by atoms with E-state index in [1.54, 1.807) is 0 Å². The van der Waals surface area contributed by atoms with E-state index in [1.165, 1.54) is 23.6 Å². The maximum absolute atomic E-state index is 11.5. The van der Waals surface area contributed by atoms with E-state index >= 15 is 0 Å². The van der Waals surface area contributed by atoms with Crippen LogP contribution >= 0.6 is 0 Å². The van der Waals surface area contributed by atoms with Crippen molar-refractivity contribution in [3.05, 3.63) is 71.3 Å². The molecular weight excluding hydrogens is 310 g/mol. The lowest BCUT2D eigenvalue weighted by molar-refractivity contribution is -0.960. The Bertz CT molecular complexity index is 713. The van der Waals surface area contributed by atoms with Gasteiger partial charge < -0.3 is 9.22 Å². The molecule has 1 saturated heterocycles. The van der Waals surface area contributed by atoms with Gasteiger partial charge in [0.25, 0.3) is 0 Å². The monoisotopic (exact) mass is 338 g/mol. The summed E-state index contributed by atoms with van der Waals surface area (Å²) in [7, 11) is 0. The largest absolute Gasteiger partial charge is 0.457 e. The molecule has 1 aliphatic heterocycles. The van der Waals surface area contributed by atoms with Crippen molar-refractivity contribution in [2.75, 3.05) is 13.1 Å². The lowest BCUT2D eigenvalue weighted by atomic mass is 9.99. The van der Waals surface area contributed by atoms with Crippen LogP contribution in [-0.2, 0) is 22.6 Å². The summed E-state index contributed by atoms with van der Waals surface area (Å²) in [6.45, 7) is 7.68. The molecule has 0 aliphatic carbocycles. The number of hydrogen-bond acceptors (Lipinski definition) is 2. The summed E-state index contributed by atoms with van der Waals surface area (Å²) < 4.78 is 6.55. The lowest BCUT2D eigenvalue weighted by Crippen LogP contribution is -2.55. The van der Waals surface area contributed by atoms with E-state index in [0.29, 0.717) is 0 Å². The second kappa shape index (κ2) is 7.83. The van der Waals surface area contributed by atoms with Crippen molar-refractivity contribution in [2.45, 2.75) is 45.9 Å². The molecule has 0 radical (unpaired) electrons. The molecule has 1 heterocycles. The van der Waals surface area contributed by atoms with Gasteiger partial charge in [-0.3, -0.25) is 4.79 Å². The Balaban J connectivity index is 1.87. The van der Waals surface area contributed by atoms with Gasteiger partial charge in [0.1, 0.15) is 19.6 Å². The molecule has 2 aromatic rings. The van der Waals surface area contributed by atoms with Crippen LogP contribution in [0, 0.1) is 6.92 Å². The summed E-state index contributed by atoms with van der Waals surface area (Å²) in [6, 6.07) is 19.3. The van der Waals surface area contributed by atoms with Crippen molar-refractivity contribution in [3.63, 3.8) is 0 Å². The second-order valence-corrected chi connectivity index (χ2v) is 7.35. The summed E-state index contributed by atoms with van der Waals surface area (Å²) in [5, 5.41) is 0. The SMILES string of the molecule is CC(=O)OC1CCC[N+](Cc2ccccc2)(Cc2ccccc2C)C1. The quantitative estimate of drug-likeness (QED) is 0.602. The van der Waals surface area contributed by atoms with Crippen LogP contribution in [-0.4, -0.2) is 29.6 Å². The normalized spacial score (nSPS) is 23.2. The molecule has 2 atom stereocenters. The number of likely N-dealkylation sites (tertiary alicyclic amines) is 1. The minimum Gasteiger partial charge on any atom is -0.457 e. The first-order valence-electron chi connectivity index (χ1n) is 9.17. The van der Waals surface area contributed by atoms with Gasteiger partial charge in [-0.05, 0) is 18.9 Å². The van der Waals surface area contributed by atoms with Gasteiger partial charge in [0, 0.05) is 24.5 Å². The van der Waals surface area contributed by atoms with Gasteiger partial charge in [-0.2, -0.15) is 0 Å². The number of ether oxygens (including phenoxy) is 1. The second-order valence-electron chi connectivity index (χ2n) is 7.35. The number of carbonyl (C=O) groups is 1. The lowest BCUT2D eigenvalue weighted by Gasteiger charge is -2.44. The Hall–Kier alpha value is -2.13. The van der Waals surface area contributed by atoms with E-state index in [0.717, 1.165) is 43.5 Å². The highest BCUT2D eigenvalue weighted by atomic mass is 16.5. The first kappa shape index (κ1) is 17.7. The highest BCUT2D eigenvalue weighted by Gasteiger charge is 2.37. The minimum absolute atomic E-state index is 0.0268. The number of piperidine rings is 1. The third-order valence-electron chi connectivity index (χ3n) is 5.21. The molecule has 0 amide bonds. The number of rotatable bonds is 5. The highest BCUT2D eigenvalue weighted by Crippen LogP contribution is 2.28. The van der Waals surface area contributed by atoms with Crippen LogP contribution in [0.3, 0.4) is 0 Å². The molecule has 25 heavy (non-hydrogen) atoms. The van der Waals surface area contributed by atoms with Crippen LogP contribution in [0.5, 0.6) is 0 Å². The molecule has 2 unspecified atom stereocenters. The van der Waals surface area contributed by atoms with Gasteiger partial charge in [0.15, 0.2) is 6.10 Å². The average Bonchev–Trinajstić information content (AvgIpc) is 2.57. The number of aryl methyl sites for hydroxylation is 1. The standard InChI is InChI=1S/C22H28NO2/c1-18-9-6-7-12-21(18)16-23(15-20-10-4-3-5-11-20)14-8-13-22(17-23)25-19(2)24/h3-7,9-12,22H,8,13-17H2,1-2H3/q+1. The van der Waals surface area contributed by atoms with Gasteiger partial charge in [-0.15, -0.1) is 0 Å². The zero-order valence-electron chi connectivity index (χ0n) is 15.3. The molecule has 2 aromatic carbocycles. The van der Waals surface area contributed by atoms with E-state index < -0.39 is 0 Å². The number of esters is 1. The Morgan fingerprint density at radius 2 is 1.80 bits per heavy atom. The smallest absolute Gasteiger partial charge is 0.303 e. The molecule has 3 nitrogen and oxygen atoms in total. The van der Waals surface area contributed by atoms with Crippen LogP contribution in [0.25, 0.3) is 0 Å². The maximum Gasteiger partial charge on any atom is 0.303 e. The molecule has 0 aromatic heterocycles. The summed E-state index contributed by atoms with van der Waals surface area (Å²) in [5.74, 6) is -0.166. The molecule has 1 fully saturated rings. The van der Waals surface area contributed by atoms with E-state index in [2.05, 4.69) is 61.5 Å². The summed E-state index contributed by atoms with van der Waals surface area (Å²) >= 11 is 0. The van der Waals surface area contributed by atoms with Crippen LogP contribution in [0.4, 0.5) is 0 Å². The van der Waals surface area contributed by atoms with Crippen LogP contribution < -0.4 is 0 Å². The molecule has 0 saturated carbocycles. The van der Waals surface area contributed by atoms with Crippen molar-refractivity contribution >= 4 is 5.97 Å². The maximum atomic E-state index is 11.5. The zero-order chi connectivity index (χ0) is 17.7. The van der Waals surface area contributed by atoms with Gasteiger partial charge in [0.05, 0.1) is 6.54 Å². The van der Waals surface area contributed by atoms with E-state index in [4.69, 9.17) is 4.74 Å². The summed E-state index contributed by atoms with van der Waals surface area (Å²) in [5.41, 5.74) is 4.07. The Morgan fingerprint density at radius 1 is 1.08 bits per heavy atom. The number of benzene rings is 2. The van der Waals surface area contributed by atoms with Gasteiger partial charge in [-0.25, -0.2) is 0 Å². The molecule has 1 aliphatic rings. The van der Waals surface area contributed by atoms with E-state index in [1.807, 2.05) is 0 Å². The Morgan fingerprint density at radius 3 is 2.52 bits per heavy atom. The third-order valence-corrected chi connectivity index (χ3v) is 5.21. The molecular formula is C22H28NO2+. The van der Waals surface area contributed by atoms with Crippen molar-refractivity contribution in [1.82, 2.24) is 0 Å². The van der Waals surface area contributed by atoms with Gasteiger partial charge in [0.2, 0.25) is 0 Å². The minimum atomic E-state index is -0.166. The van der Waals surface area contributed by atoms with Crippen LogP contribution in [0.15, 0.2) is 54.6 Å².